The highest BCUT2D eigenvalue weighted by Gasteiger charge is 2.15. The number of aromatic nitrogens is 4. The number of furan rings is 1. The number of rotatable bonds is 5. The molecule has 0 atom stereocenters. The lowest BCUT2D eigenvalue weighted by atomic mass is 10.4. The Labute approximate surface area is 125 Å². The minimum atomic E-state index is 0.750. The average molecular weight is 306 g/mol. The number of aryl methyl sites for hydroxylation is 1. The van der Waals surface area contributed by atoms with Crippen LogP contribution in [-0.2, 0) is 12.3 Å². The van der Waals surface area contributed by atoms with E-state index in [1.807, 2.05) is 19.1 Å². The van der Waals surface area contributed by atoms with E-state index in [-0.39, 0.29) is 0 Å². The molecule has 0 saturated heterocycles. The Balaban J connectivity index is 1.80. The number of nitrogens with zero attached hydrogens (tertiary/aromatic N) is 4. The van der Waals surface area contributed by atoms with Crippen molar-refractivity contribution in [2.75, 3.05) is 0 Å². The largest absolute Gasteiger partial charge is 0.461 e. The molecule has 0 fully saturated rings. The normalized spacial score (nSPS) is 11.1. The van der Waals surface area contributed by atoms with Crippen LogP contribution in [0.25, 0.3) is 11.6 Å². The van der Waals surface area contributed by atoms with Crippen molar-refractivity contribution in [3.05, 3.63) is 35.0 Å². The van der Waals surface area contributed by atoms with Crippen molar-refractivity contribution in [2.24, 2.45) is 0 Å². The quantitative estimate of drug-likeness (QED) is 0.674. The lowest BCUT2D eigenvalue weighted by Crippen LogP contribution is -1.99. The van der Waals surface area contributed by atoms with Crippen LogP contribution in [0, 0.1) is 6.92 Å². The first-order chi connectivity index (χ1) is 9.78. The van der Waals surface area contributed by atoms with Gasteiger partial charge in [-0.3, -0.25) is 4.57 Å². The van der Waals surface area contributed by atoms with Gasteiger partial charge in [-0.1, -0.05) is 11.8 Å². The van der Waals surface area contributed by atoms with Crippen LogP contribution in [0.2, 0.25) is 0 Å². The first-order valence-corrected chi connectivity index (χ1v) is 8.06. The lowest BCUT2D eigenvalue weighted by molar-refractivity contribution is 0.567. The highest BCUT2D eigenvalue weighted by molar-refractivity contribution is 7.98. The highest BCUT2D eigenvalue weighted by atomic mass is 32.2. The summed E-state index contributed by atoms with van der Waals surface area (Å²) in [6, 6.07) is 5.87. The van der Waals surface area contributed by atoms with Crippen LogP contribution in [0.3, 0.4) is 0 Å². The van der Waals surface area contributed by atoms with Crippen molar-refractivity contribution in [2.45, 2.75) is 31.3 Å². The van der Waals surface area contributed by atoms with Gasteiger partial charge < -0.3 is 4.42 Å². The zero-order valence-corrected chi connectivity index (χ0v) is 12.9. The van der Waals surface area contributed by atoms with E-state index in [0.29, 0.717) is 0 Å². The van der Waals surface area contributed by atoms with Gasteiger partial charge in [0.25, 0.3) is 0 Å². The van der Waals surface area contributed by atoms with E-state index < -0.39 is 0 Å². The van der Waals surface area contributed by atoms with Crippen LogP contribution in [0.4, 0.5) is 0 Å². The molecule has 0 radical (unpaired) electrons. The van der Waals surface area contributed by atoms with Crippen molar-refractivity contribution in [1.82, 2.24) is 19.1 Å². The van der Waals surface area contributed by atoms with Crippen molar-refractivity contribution in [1.29, 1.82) is 0 Å². The Morgan fingerprint density at radius 1 is 1.40 bits per heavy atom. The van der Waals surface area contributed by atoms with Crippen LogP contribution in [0.1, 0.15) is 17.5 Å². The third-order valence-electron chi connectivity index (χ3n) is 2.79. The van der Waals surface area contributed by atoms with Gasteiger partial charge in [-0.15, -0.1) is 10.2 Å². The molecule has 0 saturated carbocycles. The van der Waals surface area contributed by atoms with Gasteiger partial charge in [0.05, 0.1) is 12.0 Å². The highest BCUT2D eigenvalue weighted by Crippen LogP contribution is 2.27. The second-order valence-corrected chi connectivity index (χ2v) is 6.08. The van der Waals surface area contributed by atoms with Gasteiger partial charge in [0.2, 0.25) is 0 Å². The van der Waals surface area contributed by atoms with Crippen molar-refractivity contribution in [3.8, 4) is 11.6 Å². The molecule has 20 heavy (non-hydrogen) atoms. The molecule has 3 aromatic rings. The lowest BCUT2D eigenvalue weighted by Gasteiger charge is -2.04. The Hall–Kier alpha value is -1.60. The fourth-order valence-corrected chi connectivity index (χ4v) is 3.64. The number of hydrogen-bond acceptors (Lipinski definition) is 6. The summed E-state index contributed by atoms with van der Waals surface area (Å²) in [4.78, 5) is 1.25. The number of hydrogen-bond donors (Lipinski definition) is 0. The summed E-state index contributed by atoms with van der Waals surface area (Å²) >= 11 is 3.21. The zero-order chi connectivity index (χ0) is 13.9. The van der Waals surface area contributed by atoms with E-state index in [1.54, 1.807) is 29.6 Å². The van der Waals surface area contributed by atoms with Crippen LogP contribution in [-0.4, -0.2) is 19.1 Å². The van der Waals surface area contributed by atoms with E-state index >= 15 is 0 Å². The Morgan fingerprint density at radius 3 is 2.95 bits per heavy atom. The second-order valence-electron chi connectivity index (χ2n) is 4.25. The van der Waals surface area contributed by atoms with Gasteiger partial charge in [-0.05, 0) is 43.6 Å². The summed E-state index contributed by atoms with van der Waals surface area (Å²) in [5.41, 5.74) is 1.07. The summed E-state index contributed by atoms with van der Waals surface area (Å²) in [5.74, 6) is 2.39. The van der Waals surface area contributed by atoms with Gasteiger partial charge in [0, 0.05) is 17.2 Å². The molecule has 0 aliphatic carbocycles. The molecule has 3 heterocycles. The maximum atomic E-state index is 5.40. The molecular formula is C13H14N4OS2. The minimum absolute atomic E-state index is 0.750. The molecule has 0 N–H and O–H groups in total. The first-order valence-electron chi connectivity index (χ1n) is 6.30. The fraction of sp³-hybridized carbons (Fsp3) is 0.308. The Kier molecular flexibility index (Phi) is 3.88. The monoisotopic (exact) mass is 306 g/mol. The summed E-state index contributed by atoms with van der Waals surface area (Å²) in [6.45, 7) is 4.90. The van der Waals surface area contributed by atoms with Crippen molar-refractivity contribution >= 4 is 23.3 Å². The second kappa shape index (κ2) is 5.80. The summed E-state index contributed by atoms with van der Waals surface area (Å²) < 4.78 is 11.8. The van der Waals surface area contributed by atoms with Gasteiger partial charge in [0.1, 0.15) is 0 Å². The first kappa shape index (κ1) is 13.4. The predicted octanol–water partition coefficient (Wildman–Crippen LogP) is 3.62. The van der Waals surface area contributed by atoms with Crippen LogP contribution < -0.4 is 0 Å². The van der Waals surface area contributed by atoms with Gasteiger partial charge in [-0.25, -0.2) is 0 Å². The topological polar surface area (TPSA) is 56.7 Å². The molecule has 0 bridgehead atoms. The maximum Gasteiger partial charge on any atom is 0.200 e. The molecule has 0 amide bonds. The summed E-state index contributed by atoms with van der Waals surface area (Å²) in [5, 5.41) is 9.41. The molecule has 0 aromatic carbocycles. The zero-order valence-electron chi connectivity index (χ0n) is 11.2. The van der Waals surface area contributed by atoms with Gasteiger partial charge in [-0.2, -0.15) is 4.37 Å². The van der Waals surface area contributed by atoms with Crippen molar-refractivity contribution < 1.29 is 4.42 Å². The molecule has 5 nitrogen and oxygen atoms in total. The minimum Gasteiger partial charge on any atom is -0.461 e. The van der Waals surface area contributed by atoms with Gasteiger partial charge in [0.15, 0.2) is 16.7 Å². The predicted molar refractivity (Wildman–Crippen MR) is 79.8 cm³/mol. The van der Waals surface area contributed by atoms with E-state index in [2.05, 4.69) is 32.1 Å². The summed E-state index contributed by atoms with van der Waals surface area (Å²) in [7, 11) is 0. The molecule has 3 rings (SSSR count). The van der Waals surface area contributed by atoms with E-state index in [4.69, 9.17) is 4.42 Å². The molecule has 3 aromatic heterocycles. The molecule has 0 spiro atoms. The molecule has 0 aliphatic rings. The van der Waals surface area contributed by atoms with E-state index in [9.17, 15) is 0 Å². The van der Waals surface area contributed by atoms with Crippen LogP contribution >= 0.6 is 23.3 Å². The molecule has 7 heteroatoms. The summed E-state index contributed by atoms with van der Waals surface area (Å²) in [6.07, 6.45) is 1.65. The van der Waals surface area contributed by atoms with E-state index in [1.165, 1.54) is 4.88 Å². The SMILES string of the molecule is CCn1c(SCc2cc(C)ns2)nnc1-c1ccco1. The van der Waals surface area contributed by atoms with Crippen LogP contribution in [0.15, 0.2) is 34.0 Å². The smallest absolute Gasteiger partial charge is 0.200 e. The maximum absolute atomic E-state index is 5.40. The molecule has 0 aliphatic heterocycles. The molecule has 104 valence electrons. The van der Waals surface area contributed by atoms with Crippen molar-refractivity contribution in [3.63, 3.8) is 0 Å². The third-order valence-corrected chi connectivity index (χ3v) is 4.87. The standard InChI is InChI=1S/C13H14N4OS2/c1-3-17-12(11-5-4-6-18-11)14-15-13(17)19-8-10-7-9(2)16-20-10/h4-7H,3,8H2,1-2H3. The number of thioether (sulfide) groups is 1. The third kappa shape index (κ3) is 2.64. The van der Waals surface area contributed by atoms with Gasteiger partial charge >= 0.3 is 0 Å². The average Bonchev–Trinajstić information content (AvgIpc) is 3.16. The molecular weight excluding hydrogens is 292 g/mol. The fourth-order valence-electron chi connectivity index (χ4n) is 1.89. The van der Waals surface area contributed by atoms with Crippen LogP contribution in [0.5, 0.6) is 0 Å². The van der Waals surface area contributed by atoms with E-state index in [0.717, 1.165) is 34.7 Å². The Morgan fingerprint density at radius 2 is 2.30 bits per heavy atom. The Bertz CT molecular complexity index is 687. The molecule has 0 unspecified atom stereocenters.